The van der Waals surface area contributed by atoms with Crippen LogP contribution in [0, 0.1) is 0 Å². The normalized spacial score (nSPS) is 12.3. The van der Waals surface area contributed by atoms with Crippen LogP contribution in [0.2, 0.25) is 0 Å². The monoisotopic (exact) mass is 458 g/mol. The number of amides is 2. The number of nitrogens with one attached hydrogen (secondary N) is 1. The lowest BCUT2D eigenvalue weighted by Gasteiger charge is -2.29. The van der Waals surface area contributed by atoms with E-state index in [0.717, 1.165) is 17.7 Å². The van der Waals surface area contributed by atoms with Gasteiger partial charge in [-0.2, -0.15) is 0 Å². The van der Waals surface area contributed by atoms with Crippen molar-refractivity contribution in [3.05, 3.63) is 48.0 Å². The van der Waals surface area contributed by atoms with Gasteiger partial charge in [-0.25, -0.2) is 0 Å². The molecule has 0 radical (unpaired) electrons. The molecule has 33 heavy (non-hydrogen) atoms. The van der Waals surface area contributed by atoms with Gasteiger partial charge >= 0.3 is 0 Å². The van der Waals surface area contributed by atoms with Crippen LogP contribution in [0.15, 0.2) is 42.5 Å². The fourth-order valence-corrected chi connectivity index (χ4v) is 3.07. The van der Waals surface area contributed by atoms with E-state index >= 15 is 0 Å². The Hall–Kier alpha value is -3.42. The van der Waals surface area contributed by atoms with Gasteiger partial charge in [-0.15, -0.1) is 0 Å². The molecular formula is C25H34N2O6. The largest absolute Gasteiger partial charge is 0.497 e. The van der Waals surface area contributed by atoms with Crippen LogP contribution in [-0.2, 0) is 16.1 Å². The van der Waals surface area contributed by atoms with Gasteiger partial charge in [0.15, 0.2) is 6.61 Å². The van der Waals surface area contributed by atoms with Gasteiger partial charge in [-0.3, -0.25) is 9.59 Å². The second-order valence-corrected chi connectivity index (χ2v) is 7.70. The smallest absolute Gasteiger partial charge is 0.261 e. The Morgan fingerprint density at radius 1 is 0.879 bits per heavy atom. The molecule has 2 aromatic carbocycles. The number of benzene rings is 2. The standard InChI is InChI=1S/C25H34N2O6/c1-7-17(2)26-25(29)18(3)27(15-19-8-10-20(30-4)11-9-19)24(28)16-33-23-13-21(31-5)12-22(14-23)32-6/h8-14,17-18H,7,15-16H2,1-6H3,(H,26,29). The van der Waals surface area contributed by atoms with E-state index in [1.54, 1.807) is 32.2 Å². The second-order valence-electron chi connectivity index (χ2n) is 7.70. The predicted molar refractivity (Wildman–Crippen MR) is 126 cm³/mol. The molecule has 0 fully saturated rings. The Morgan fingerprint density at radius 3 is 1.94 bits per heavy atom. The summed E-state index contributed by atoms with van der Waals surface area (Å²) in [5, 5.41) is 2.95. The van der Waals surface area contributed by atoms with E-state index in [1.165, 1.54) is 19.1 Å². The summed E-state index contributed by atoms with van der Waals surface area (Å²) in [6, 6.07) is 11.8. The van der Waals surface area contributed by atoms with Gasteiger partial charge < -0.3 is 29.2 Å². The Labute approximate surface area is 195 Å². The van der Waals surface area contributed by atoms with Crippen LogP contribution in [0.4, 0.5) is 0 Å². The highest BCUT2D eigenvalue weighted by Crippen LogP contribution is 2.27. The van der Waals surface area contributed by atoms with Crippen LogP contribution in [0.5, 0.6) is 23.0 Å². The lowest BCUT2D eigenvalue weighted by Crippen LogP contribution is -2.50. The fourth-order valence-electron chi connectivity index (χ4n) is 3.07. The topological polar surface area (TPSA) is 86.3 Å². The van der Waals surface area contributed by atoms with Crippen molar-refractivity contribution in [3.8, 4) is 23.0 Å². The number of ether oxygens (including phenoxy) is 4. The SMILES string of the molecule is CCC(C)NC(=O)C(C)N(Cc1ccc(OC)cc1)C(=O)COc1cc(OC)cc(OC)c1. The number of rotatable bonds is 12. The summed E-state index contributed by atoms with van der Waals surface area (Å²) >= 11 is 0. The first kappa shape index (κ1) is 25.8. The first-order valence-electron chi connectivity index (χ1n) is 10.9. The van der Waals surface area contributed by atoms with Crippen LogP contribution in [0.1, 0.15) is 32.8 Å². The molecule has 0 spiro atoms. The van der Waals surface area contributed by atoms with E-state index in [-0.39, 0.29) is 31.0 Å². The summed E-state index contributed by atoms with van der Waals surface area (Å²) in [6.07, 6.45) is 0.797. The summed E-state index contributed by atoms with van der Waals surface area (Å²) in [4.78, 5) is 27.5. The van der Waals surface area contributed by atoms with Gasteiger partial charge in [-0.1, -0.05) is 19.1 Å². The molecule has 0 aliphatic rings. The molecule has 2 amide bonds. The minimum atomic E-state index is -0.683. The highest BCUT2D eigenvalue weighted by atomic mass is 16.5. The van der Waals surface area contributed by atoms with Crippen LogP contribution >= 0.6 is 0 Å². The Morgan fingerprint density at radius 2 is 1.42 bits per heavy atom. The number of hydrogen-bond donors (Lipinski definition) is 1. The fraction of sp³-hybridized carbons (Fsp3) is 0.440. The molecule has 0 saturated heterocycles. The molecule has 8 heteroatoms. The van der Waals surface area contributed by atoms with Gasteiger partial charge in [0, 0.05) is 30.8 Å². The van der Waals surface area contributed by atoms with Crippen molar-refractivity contribution in [1.82, 2.24) is 10.2 Å². The Bertz CT molecular complexity index is 893. The molecule has 2 unspecified atom stereocenters. The first-order chi connectivity index (χ1) is 15.8. The summed E-state index contributed by atoms with van der Waals surface area (Å²) in [5.74, 6) is 1.71. The molecule has 8 nitrogen and oxygen atoms in total. The average molecular weight is 459 g/mol. The number of carbonyl (C=O) groups excluding carboxylic acids is 2. The number of hydrogen-bond acceptors (Lipinski definition) is 6. The van der Waals surface area contributed by atoms with Crippen LogP contribution in [0.25, 0.3) is 0 Å². The molecule has 180 valence electrons. The van der Waals surface area contributed by atoms with E-state index in [1.807, 2.05) is 38.1 Å². The van der Waals surface area contributed by atoms with Crippen molar-refractivity contribution in [2.45, 2.75) is 45.8 Å². The molecule has 0 bridgehead atoms. The van der Waals surface area contributed by atoms with Gasteiger partial charge in [0.25, 0.3) is 5.91 Å². The van der Waals surface area contributed by atoms with E-state index in [0.29, 0.717) is 17.2 Å². The summed E-state index contributed by atoms with van der Waals surface area (Å²) in [7, 11) is 4.67. The second kappa shape index (κ2) is 12.6. The zero-order chi connectivity index (χ0) is 24.4. The van der Waals surface area contributed by atoms with Crippen LogP contribution in [-0.4, -0.2) is 56.7 Å². The highest BCUT2D eigenvalue weighted by molar-refractivity contribution is 5.88. The van der Waals surface area contributed by atoms with E-state index < -0.39 is 6.04 Å². The first-order valence-corrected chi connectivity index (χ1v) is 10.9. The van der Waals surface area contributed by atoms with Gasteiger partial charge in [-0.05, 0) is 38.0 Å². The maximum atomic E-state index is 13.2. The Balaban J connectivity index is 2.19. The third-order valence-corrected chi connectivity index (χ3v) is 5.37. The summed E-state index contributed by atoms with van der Waals surface area (Å²) < 4.78 is 21.4. The van der Waals surface area contributed by atoms with Crippen molar-refractivity contribution in [2.75, 3.05) is 27.9 Å². The lowest BCUT2D eigenvalue weighted by atomic mass is 10.1. The van der Waals surface area contributed by atoms with Crippen molar-refractivity contribution < 1.29 is 28.5 Å². The zero-order valence-electron chi connectivity index (χ0n) is 20.2. The molecule has 0 heterocycles. The van der Waals surface area contributed by atoms with E-state index in [2.05, 4.69) is 5.32 Å². The number of methoxy groups -OCH3 is 3. The van der Waals surface area contributed by atoms with Crippen LogP contribution in [0.3, 0.4) is 0 Å². The molecule has 0 aliphatic carbocycles. The Kier molecular flexibility index (Phi) is 9.84. The molecule has 2 atom stereocenters. The maximum absolute atomic E-state index is 13.2. The number of nitrogens with zero attached hydrogens (tertiary/aromatic N) is 1. The zero-order valence-corrected chi connectivity index (χ0v) is 20.2. The molecule has 0 aromatic heterocycles. The maximum Gasteiger partial charge on any atom is 0.261 e. The summed E-state index contributed by atoms with van der Waals surface area (Å²) in [5.41, 5.74) is 0.871. The third kappa shape index (κ3) is 7.59. The molecule has 1 N–H and O–H groups in total. The third-order valence-electron chi connectivity index (χ3n) is 5.37. The highest BCUT2D eigenvalue weighted by Gasteiger charge is 2.27. The summed E-state index contributed by atoms with van der Waals surface area (Å²) in [6.45, 7) is 5.65. The molecule has 0 aliphatic heterocycles. The number of carbonyl (C=O) groups is 2. The van der Waals surface area contributed by atoms with Crippen molar-refractivity contribution >= 4 is 11.8 Å². The molecule has 2 rings (SSSR count). The van der Waals surface area contributed by atoms with E-state index in [4.69, 9.17) is 18.9 Å². The quantitative estimate of drug-likeness (QED) is 0.525. The predicted octanol–water partition coefficient (Wildman–Crippen LogP) is 3.42. The minimum absolute atomic E-state index is 0.0124. The van der Waals surface area contributed by atoms with Crippen molar-refractivity contribution in [3.63, 3.8) is 0 Å². The van der Waals surface area contributed by atoms with Gasteiger partial charge in [0.1, 0.15) is 29.0 Å². The average Bonchev–Trinajstić information content (AvgIpc) is 2.85. The molecule has 0 saturated carbocycles. The van der Waals surface area contributed by atoms with Gasteiger partial charge in [0.05, 0.1) is 21.3 Å². The van der Waals surface area contributed by atoms with E-state index in [9.17, 15) is 9.59 Å². The van der Waals surface area contributed by atoms with Gasteiger partial charge in [0.2, 0.25) is 5.91 Å². The molecule has 2 aromatic rings. The van der Waals surface area contributed by atoms with Crippen LogP contribution < -0.4 is 24.3 Å². The van der Waals surface area contributed by atoms with Crippen molar-refractivity contribution in [1.29, 1.82) is 0 Å². The minimum Gasteiger partial charge on any atom is -0.497 e. The lowest BCUT2D eigenvalue weighted by molar-refractivity contribution is -0.142. The molecular weight excluding hydrogens is 424 g/mol. The van der Waals surface area contributed by atoms with Crippen molar-refractivity contribution in [2.24, 2.45) is 0 Å².